The van der Waals surface area contributed by atoms with E-state index >= 15 is 0 Å². The SMILES string of the molecule is CS(=O)(=O)c1ccc(CN2CCCN(C(=O)CN3CCOC3=O)CC2)cc1. The van der Waals surface area contributed by atoms with Gasteiger partial charge in [-0.15, -0.1) is 0 Å². The third-order valence-corrected chi connectivity index (χ3v) is 6.00. The zero-order valence-electron chi connectivity index (χ0n) is 15.5. The Kier molecular flexibility index (Phi) is 6.01. The smallest absolute Gasteiger partial charge is 0.410 e. The lowest BCUT2D eigenvalue weighted by Gasteiger charge is -2.23. The second kappa shape index (κ2) is 8.26. The summed E-state index contributed by atoms with van der Waals surface area (Å²) < 4.78 is 27.9. The van der Waals surface area contributed by atoms with E-state index in [1.807, 2.05) is 12.1 Å². The van der Waals surface area contributed by atoms with Crippen LogP contribution in [0.5, 0.6) is 0 Å². The summed E-state index contributed by atoms with van der Waals surface area (Å²) in [6.07, 6.45) is 1.64. The first-order valence-corrected chi connectivity index (χ1v) is 10.9. The van der Waals surface area contributed by atoms with E-state index in [4.69, 9.17) is 4.74 Å². The van der Waals surface area contributed by atoms with Gasteiger partial charge in [-0.2, -0.15) is 0 Å². The Balaban J connectivity index is 1.52. The summed E-state index contributed by atoms with van der Waals surface area (Å²) in [6.45, 7) is 4.49. The van der Waals surface area contributed by atoms with Gasteiger partial charge in [0.05, 0.1) is 11.4 Å². The molecule has 0 aromatic heterocycles. The summed E-state index contributed by atoms with van der Waals surface area (Å²) in [6, 6.07) is 6.94. The van der Waals surface area contributed by atoms with Crippen LogP contribution in [0.25, 0.3) is 0 Å². The zero-order chi connectivity index (χ0) is 19.4. The van der Waals surface area contributed by atoms with Crippen molar-refractivity contribution < 1.29 is 22.7 Å². The number of sulfone groups is 1. The fourth-order valence-corrected chi connectivity index (χ4v) is 3.94. The van der Waals surface area contributed by atoms with Crippen LogP contribution in [0.4, 0.5) is 4.79 Å². The molecule has 0 spiro atoms. The minimum Gasteiger partial charge on any atom is -0.448 e. The molecular weight excluding hydrogens is 370 g/mol. The summed E-state index contributed by atoms with van der Waals surface area (Å²) in [7, 11) is -3.18. The van der Waals surface area contributed by atoms with E-state index in [1.54, 1.807) is 17.0 Å². The number of cyclic esters (lactones) is 1. The van der Waals surface area contributed by atoms with Crippen LogP contribution < -0.4 is 0 Å². The van der Waals surface area contributed by atoms with Gasteiger partial charge >= 0.3 is 6.09 Å². The predicted molar refractivity (Wildman–Crippen MR) is 98.9 cm³/mol. The maximum Gasteiger partial charge on any atom is 0.410 e. The standard InChI is InChI=1S/C18H25N3O5S/c1-27(24,25)16-5-3-15(4-6-16)13-19-7-2-8-20(10-9-19)17(22)14-21-11-12-26-18(21)23/h3-6H,2,7-14H2,1H3. The average Bonchev–Trinajstić information content (AvgIpc) is 2.88. The topological polar surface area (TPSA) is 87.2 Å². The fourth-order valence-electron chi connectivity index (χ4n) is 3.31. The number of carbonyl (C=O) groups is 2. The van der Waals surface area contributed by atoms with Crippen molar-refractivity contribution in [1.82, 2.24) is 14.7 Å². The molecule has 2 aliphatic rings. The van der Waals surface area contributed by atoms with Crippen LogP contribution in [0, 0.1) is 0 Å². The minimum atomic E-state index is -3.18. The first-order chi connectivity index (χ1) is 12.8. The third-order valence-electron chi connectivity index (χ3n) is 4.87. The van der Waals surface area contributed by atoms with Crippen molar-refractivity contribution in [3.63, 3.8) is 0 Å². The van der Waals surface area contributed by atoms with Gasteiger partial charge in [0.25, 0.3) is 0 Å². The molecule has 2 fully saturated rings. The highest BCUT2D eigenvalue weighted by atomic mass is 32.2. The summed E-state index contributed by atoms with van der Waals surface area (Å²) in [4.78, 5) is 29.8. The van der Waals surface area contributed by atoms with Crippen LogP contribution in [0.3, 0.4) is 0 Å². The van der Waals surface area contributed by atoms with Gasteiger partial charge in [-0.25, -0.2) is 13.2 Å². The van der Waals surface area contributed by atoms with Crippen molar-refractivity contribution in [3.05, 3.63) is 29.8 Å². The number of hydrogen-bond acceptors (Lipinski definition) is 6. The summed E-state index contributed by atoms with van der Waals surface area (Å²) >= 11 is 0. The normalized spacial score (nSPS) is 19.1. The molecule has 8 nitrogen and oxygen atoms in total. The van der Waals surface area contributed by atoms with Crippen LogP contribution in [0.15, 0.2) is 29.2 Å². The predicted octanol–water partition coefficient (Wildman–Crippen LogP) is 0.577. The molecule has 2 saturated heterocycles. The van der Waals surface area contributed by atoms with Crippen LogP contribution in [-0.4, -0.2) is 87.2 Å². The van der Waals surface area contributed by atoms with E-state index in [2.05, 4.69) is 4.90 Å². The minimum absolute atomic E-state index is 0.0480. The van der Waals surface area contributed by atoms with E-state index in [0.717, 1.165) is 25.1 Å². The molecule has 3 rings (SSSR count). The van der Waals surface area contributed by atoms with Crippen molar-refractivity contribution in [2.45, 2.75) is 17.9 Å². The lowest BCUT2D eigenvalue weighted by Crippen LogP contribution is -2.42. The van der Waals surface area contributed by atoms with Crippen molar-refractivity contribution in [2.24, 2.45) is 0 Å². The number of hydrogen-bond donors (Lipinski definition) is 0. The molecule has 2 aliphatic heterocycles. The molecule has 148 valence electrons. The number of amides is 2. The van der Waals surface area contributed by atoms with Gasteiger partial charge in [-0.3, -0.25) is 14.6 Å². The lowest BCUT2D eigenvalue weighted by atomic mass is 10.2. The molecule has 1 aromatic rings. The van der Waals surface area contributed by atoms with Crippen molar-refractivity contribution in [3.8, 4) is 0 Å². The van der Waals surface area contributed by atoms with E-state index in [1.165, 1.54) is 11.2 Å². The van der Waals surface area contributed by atoms with E-state index in [0.29, 0.717) is 37.7 Å². The van der Waals surface area contributed by atoms with Gasteiger partial charge in [-0.05, 0) is 24.1 Å². The molecule has 0 aliphatic carbocycles. The van der Waals surface area contributed by atoms with Gasteiger partial charge in [0.2, 0.25) is 5.91 Å². The largest absolute Gasteiger partial charge is 0.448 e. The number of rotatable bonds is 5. The monoisotopic (exact) mass is 395 g/mol. The molecule has 0 N–H and O–H groups in total. The van der Waals surface area contributed by atoms with Crippen LogP contribution in [-0.2, 0) is 25.9 Å². The highest BCUT2D eigenvalue weighted by Crippen LogP contribution is 2.14. The molecule has 27 heavy (non-hydrogen) atoms. The highest BCUT2D eigenvalue weighted by molar-refractivity contribution is 7.90. The van der Waals surface area contributed by atoms with Crippen LogP contribution in [0.2, 0.25) is 0 Å². The Bertz CT molecular complexity index is 794. The molecule has 1 aromatic carbocycles. The Labute approximate surface area is 159 Å². The van der Waals surface area contributed by atoms with Crippen LogP contribution >= 0.6 is 0 Å². The van der Waals surface area contributed by atoms with Crippen molar-refractivity contribution in [1.29, 1.82) is 0 Å². The fraction of sp³-hybridized carbons (Fsp3) is 0.556. The second-order valence-corrected chi connectivity index (χ2v) is 8.98. The molecular formula is C18H25N3O5S. The van der Waals surface area contributed by atoms with Crippen molar-refractivity contribution in [2.75, 3.05) is 52.1 Å². The number of carbonyl (C=O) groups excluding carboxylic acids is 2. The van der Waals surface area contributed by atoms with Gasteiger partial charge in [-0.1, -0.05) is 12.1 Å². The quantitative estimate of drug-likeness (QED) is 0.725. The molecule has 2 amide bonds. The molecule has 0 unspecified atom stereocenters. The second-order valence-electron chi connectivity index (χ2n) is 6.96. The Morgan fingerprint density at radius 3 is 2.44 bits per heavy atom. The maximum atomic E-state index is 12.4. The Morgan fingerprint density at radius 2 is 1.81 bits per heavy atom. The molecule has 0 bridgehead atoms. The number of benzene rings is 1. The van der Waals surface area contributed by atoms with Gasteiger partial charge in [0.1, 0.15) is 13.2 Å². The molecule has 0 radical (unpaired) electrons. The van der Waals surface area contributed by atoms with Crippen molar-refractivity contribution >= 4 is 21.8 Å². The number of ether oxygens (including phenoxy) is 1. The summed E-state index contributed by atoms with van der Waals surface area (Å²) in [5.74, 6) is -0.0480. The molecule has 2 heterocycles. The highest BCUT2D eigenvalue weighted by Gasteiger charge is 2.27. The van der Waals surface area contributed by atoms with Gasteiger partial charge in [0, 0.05) is 39.0 Å². The van der Waals surface area contributed by atoms with E-state index in [-0.39, 0.29) is 12.5 Å². The third kappa shape index (κ3) is 5.20. The first kappa shape index (κ1) is 19.6. The summed E-state index contributed by atoms with van der Waals surface area (Å²) in [5, 5.41) is 0. The Hall–Kier alpha value is -2.13. The van der Waals surface area contributed by atoms with E-state index < -0.39 is 15.9 Å². The van der Waals surface area contributed by atoms with Gasteiger partial charge in [0.15, 0.2) is 9.84 Å². The van der Waals surface area contributed by atoms with Gasteiger partial charge < -0.3 is 9.64 Å². The van der Waals surface area contributed by atoms with E-state index in [9.17, 15) is 18.0 Å². The van der Waals surface area contributed by atoms with Crippen LogP contribution in [0.1, 0.15) is 12.0 Å². The lowest BCUT2D eigenvalue weighted by molar-refractivity contribution is -0.131. The number of nitrogens with zero attached hydrogens (tertiary/aromatic N) is 3. The maximum absolute atomic E-state index is 12.4. The molecule has 0 saturated carbocycles. The zero-order valence-corrected chi connectivity index (χ0v) is 16.3. The summed E-state index contributed by atoms with van der Waals surface area (Å²) in [5.41, 5.74) is 1.04. The Morgan fingerprint density at radius 1 is 1.07 bits per heavy atom. The first-order valence-electron chi connectivity index (χ1n) is 9.04. The molecule has 9 heteroatoms. The average molecular weight is 395 g/mol. The molecule has 0 atom stereocenters.